The van der Waals surface area contributed by atoms with Gasteiger partial charge in [-0.25, -0.2) is 4.98 Å². The van der Waals surface area contributed by atoms with Crippen molar-refractivity contribution in [2.45, 2.75) is 50.2 Å². The summed E-state index contributed by atoms with van der Waals surface area (Å²) in [5, 5.41) is 24.0. The number of aromatic nitrogens is 2. The van der Waals surface area contributed by atoms with Crippen LogP contribution in [0.5, 0.6) is 0 Å². The van der Waals surface area contributed by atoms with Gasteiger partial charge in [-0.3, -0.25) is 15.3 Å². The standard InChI is InChI=1S/C21H25FN8/c22-18(24)12-19(25)28-20-11-17-16(3-1-7-26-17)21(29-20)27-13-9-14-4-5-15(10-13)30(14)8-2-6-23/h1,3,7,11-15H,2,4-5,8-10,24H2,(H3,25,27,28,29)/b18-12-/t13-,14-,15+. The van der Waals surface area contributed by atoms with E-state index in [1.54, 1.807) is 12.3 Å². The van der Waals surface area contributed by atoms with Crippen LogP contribution in [0.15, 0.2) is 36.4 Å². The van der Waals surface area contributed by atoms with Gasteiger partial charge < -0.3 is 16.4 Å². The minimum absolute atomic E-state index is 0.187. The van der Waals surface area contributed by atoms with E-state index in [-0.39, 0.29) is 11.9 Å². The third-order valence-corrected chi connectivity index (χ3v) is 5.85. The van der Waals surface area contributed by atoms with E-state index in [0.717, 1.165) is 36.4 Å². The van der Waals surface area contributed by atoms with Crippen LogP contribution in [0.3, 0.4) is 0 Å². The maximum absolute atomic E-state index is 12.9. The minimum Gasteiger partial charge on any atom is -0.375 e. The first-order chi connectivity index (χ1) is 14.5. The van der Waals surface area contributed by atoms with Crippen molar-refractivity contribution in [2.75, 3.05) is 17.2 Å². The second-order valence-corrected chi connectivity index (χ2v) is 7.84. The van der Waals surface area contributed by atoms with Crippen molar-refractivity contribution in [1.82, 2.24) is 14.9 Å². The van der Waals surface area contributed by atoms with Gasteiger partial charge >= 0.3 is 0 Å². The van der Waals surface area contributed by atoms with Gasteiger partial charge in [0.25, 0.3) is 0 Å². The lowest BCUT2D eigenvalue weighted by molar-refractivity contribution is 0.136. The molecule has 2 fully saturated rings. The van der Waals surface area contributed by atoms with Crippen molar-refractivity contribution in [3.05, 3.63) is 36.4 Å². The molecule has 0 spiro atoms. The number of pyridine rings is 2. The number of piperidine rings is 1. The molecule has 5 N–H and O–H groups in total. The molecule has 0 aliphatic carbocycles. The average Bonchev–Trinajstić information content (AvgIpc) is 2.93. The number of anilines is 2. The van der Waals surface area contributed by atoms with Crippen molar-refractivity contribution in [2.24, 2.45) is 5.73 Å². The molecule has 9 heteroatoms. The highest BCUT2D eigenvalue weighted by molar-refractivity contribution is 6.02. The minimum atomic E-state index is -0.941. The molecule has 4 heterocycles. The number of nitrogens with one attached hydrogen (secondary N) is 3. The van der Waals surface area contributed by atoms with Gasteiger partial charge in [0.05, 0.1) is 11.6 Å². The fourth-order valence-corrected chi connectivity index (χ4v) is 4.69. The van der Waals surface area contributed by atoms with E-state index in [1.807, 2.05) is 12.1 Å². The Morgan fingerprint density at radius 3 is 2.87 bits per heavy atom. The molecule has 0 amide bonds. The van der Waals surface area contributed by atoms with Crippen LogP contribution in [-0.4, -0.2) is 45.4 Å². The number of halogens is 1. The summed E-state index contributed by atoms with van der Waals surface area (Å²) in [6, 6.07) is 9.06. The second-order valence-electron chi connectivity index (χ2n) is 7.84. The molecule has 4 rings (SSSR count). The van der Waals surface area contributed by atoms with Gasteiger partial charge in [-0.15, -0.1) is 0 Å². The van der Waals surface area contributed by atoms with Crippen molar-refractivity contribution in [1.29, 1.82) is 10.7 Å². The smallest absolute Gasteiger partial charge is 0.188 e. The average molecular weight is 408 g/mol. The summed E-state index contributed by atoms with van der Waals surface area (Å²) in [5.74, 6) is -0.0282. The molecule has 0 saturated carbocycles. The first-order valence-corrected chi connectivity index (χ1v) is 10.2. The van der Waals surface area contributed by atoms with Gasteiger partial charge in [0, 0.05) is 54.8 Å². The Kier molecular flexibility index (Phi) is 5.77. The summed E-state index contributed by atoms with van der Waals surface area (Å²) >= 11 is 0. The molecule has 2 aliphatic heterocycles. The molecule has 2 aliphatic rings. The zero-order valence-corrected chi connectivity index (χ0v) is 16.6. The van der Waals surface area contributed by atoms with Crippen LogP contribution in [-0.2, 0) is 0 Å². The number of nitrogens with zero attached hydrogens (tertiary/aromatic N) is 4. The highest BCUT2D eigenvalue weighted by Gasteiger charge is 2.40. The highest BCUT2D eigenvalue weighted by atomic mass is 19.1. The van der Waals surface area contributed by atoms with Crippen molar-refractivity contribution >= 4 is 28.4 Å². The number of nitrogens with two attached hydrogens (primary N) is 1. The Bertz CT molecular complexity index is 996. The van der Waals surface area contributed by atoms with Crippen LogP contribution >= 0.6 is 0 Å². The predicted molar refractivity (Wildman–Crippen MR) is 115 cm³/mol. The van der Waals surface area contributed by atoms with E-state index in [2.05, 4.69) is 31.6 Å². The third kappa shape index (κ3) is 4.33. The molecule has 0 unspecified atom stereocenters. The topological polar surface area (TPSA) is 127 Å². The fraction of sp³-hybridized carbons (Fsp3) is 0.429. The summed E-state index contributed by atoms with van der Waals surface area (Å²) in [4.78, 5) is 11.5. The zero-order chi connectivity index (χ0) is 21.1. The number of hydrogen-bond donors (Lipinski definition) is 4. The molecule has 3 atom stereocenters. The quantitative estimate of drug-likeness (QED) is 0.329. The van der Waals surface area contributed by atoms with Crippen LogP contribution in [0.1, 0.15) is 32.1 Å². The van der Waals surface area contributed by atoms with Crippen LogP contribution in [0.4, 0.5) is 16.0 Å². The Morgan fingerprint density at radius 1 is 1.40 bits per heavy atom. The normalized spacial score (nSPS) is 23.9. The molecule has 0 aromatic carbocycles. The van der Waals surface area contributed by atoms with Crippen LogP contribution < -0.4 is 16.4 Å². The van der Waals surface area contributed by atoms with Crippen LogP contribution in [0, 0.1) is 16.7 Å². The van der Waals surface area contributed by atoms with E-state index in [9.17, 15) is 4.39 Å². The van der Waals surface area contributed by atoms with E-state index in [1.165, 1.54) is 12.8 Å². The lowest BCUT2D eigenvalue weighted by atomic mass is 9.97. The molecule has 156 valence electrons. The summed E-state index contributed by atoms with van der Waals surface area (Å²) in [5.41, 5.74) is 5.74. The summed E-state index contributed by atoms with van der Waals surface area (Å²) < 4.78 is 12.9. The molecule has 30 heavy (non-hydrogen) atoms. The number of rotatable bonds is 6. The van der Waals surface area contributed by atoms with Gasteiger partial charge in [-0.05, 0) is 37.8 Å². The van der Waals surface area contributed by atoms with E-state index >= 15 is 0 Å². The summed E-state index contributed by atoms with van der Waals surface area (Å²) in [6.45, 7) is 0.844. The van der Waals surface area contributed by atoms with Crippen molar-refractivity contribution in [3.8, 4) is 6.07 Å². The molecule has 2 aromatic rings. The van der Waals surface area contributed by atoms with E-state index in [4.69, 9.17) is 16.4 Å². The van der Waals surface area contributed by atoms with Gasteiger partial charge in [0.15, 0.2) is 5.95 Å². The van der Waals surface area contributed by atoms with Crippen LogP contribution in [0.25, 0.3) is 10.9 Å². The fourth-order valence-electron chi connectivity index (χ4n) is 4.69. The van der Waals surface area contributed by atoms with Gasteiger partial charge in [-0.2, -0.15) is 9.65 Å². The summed E-state index contributed by atoms with van der Waals surface area (Å²) in [6.07, 6.45) is 7.50. The monoisotopic (exact) mass is 408 g/mol. The largest absolute Gasteiger partial charge is 0.375 e. The van der Waals surface area contributed by atoms with Gasteiger partial charge in [0.2, 0.25) is 0 Å². The number of hydrogen-bond acceptors (Lipinski definition) is 7. The van der Waals surface area contributed by atoms with E-state index < -0.39 is 5.95 Å². The predicted octanol–water partition coefficient (Wildman–Crippen LogP) is 3.11. The molecule has 8 nitrogen and oxygen atoms in total. The van der Waals surface area contributed by atoms with Crippen LogP contribution in [0.2, 0.25) is 0 Å². The Labute approximate surface area is 174 Å². The molecular weight excluding hydrogens is 383 g/mol. The molecule has 2 saturated heterocycles. The Morgan fingerprint density at radius 2 is 2.17 bits per heavy atom. The lowest BCUT2D eigenvalue weighted by Crippen LogP contribution is -2.47. The van der Waals surface area contributed by atoms with Gasteiger partial charge in [-0.1, -0.05) is 0 Å². The maximum atomic E-state index is 12.9. The SMILES string of the molecule is N#CCCN1[C@@H]2CC[C@H]1C[C@H](Nc1nc(NC(=N)/C=C(\N)F)cc3ncccc13)C2. The molecular formula is C21H25FN8. The van der Waals surface area contributed by atoms with Crippen molar-refractivity contribution in [3.63, 3.8) is 0 Å². The number of fused-ring (bicyclic) bond motifs is 3. The maximum Gasteiger partial charge on any atom is 0.188 e. The molecule has 0 radical (unpaired) electrons. The summed E-state index contributed by atoms with van der Waals surface area (Å²) in [7, 11) is 0. The Balaban J connectivity index is 1.55. The lowest BCUT2D eigenvalue weighted by Gasteiger charge is -2.39. The number of nitriles is 1. The van der Waals surface area contributed by atoms with Crippen molar-refractivity contribution < 1.29 is 4.39 Å². The third-order valence-electron chi connectivity index (χ3n) is 5.85. The zero-order valence-electron chi connectivity index (χ0n) is 16.6. The second kappa shape index (κ2) is 8.63. The molecule has 2 aromatic heterocycles. The first-order valence-electron chi connectivity index (χ1n) is 10.2. The van der Waals surface area contributed by atoms with Gasteiger partial charge in [0.1, 0.15) is 17.5 Å². The Hall–Kier alpha value is -3.25. The highest BCUT2D eigenvalue weighted by Crippen LogP contribution is 2.37. The van der Waals surface area contributed by atoms with E-state index in [0.29, 0.717) is 30.1 Å². The number of amidine groups is 1. The first kappa shape index (κ1) is 20.0. The molecule has 2 bridgehead atoms.